The number of quaternary nitrogens is 2. The molecule has 8 heavy (non-hydrogen) atoms. The van der Waals surface area contributed by atoms with Crippen LogP contribution < -0.4 is 10.5 Å². The molecule has 0 aliphatic carbocycles. The van der Waals surface area contributed by atoms with Gasteiger partial charge in [-0.3, -0.25) is 0 Å². The van der Waals surface area contributed by atoms with E-state index >= 15 is 0 Å². The first-order valence-corrected chi connectivity index (χ1v) is 2.32. The van der Waals surface area contributed by atoms with E-state index in [1.807, 2.05) is 0 Å². The quantitative estimate of drug-likeness (QED) is 0.343. The van der Waals surface area contributed by atoms with Crippen molar-refractivity contribution in [3.63, 3.8) is 0 Å². The minimum Gasteiger partial charge on any atom is -0.591 e. The molecule has 1 heterocycles. The highest BCUT2D eigenvalue weighted by Gasteiger charge is 2.48. The Kier molecular flexibility index (Phi) is 1.03. The van der Waals surface area contributed by atoms with Crippen LogP contribution in [-0.2, 0) is 4.94 Å². The van der Waals surface area contributed by atoms with Gasteiger partial charge in [-0.2, -0.15) is 0 Å². The first kappa shape index (κ1) is 5.93. The van der Waals surface area contributed by atoms with E-state index in [-0.39, 0.29) is 0 Å². The minimum atomic E-state index is -0.861. The summed E-state index contributed by atoms with van der Waals surface area (Å²) in [5.74, 6) is 0. The highest BCUT2D eigenvalue weighted by atomic mass is 17.1. The molecule has 1 saturated heterocycles. The number of nitrogens with one attached hydrogen (secondary N) is 2. The average molecular weight is 120 g/mol. The maximum atomic E-state index is 10.3. The lowest BCUT2D eigenvalue weighted by molar-refractivity contribution is -1.51. The van der Waals surface area contributed by atoms with Crippen LogP contribution in [0.1, 0.15) is 13.8 Å². The Hall–Kier alpha value is -0.200. The van der Waals surface area contributed by atoms with Crippen molar-refractivity contribution in [2.24, 2.45) is 0 Å². The maximum Gasteiger partial charge on any atom is 0.284 e. The summed E-state index contributed by atoms with van der Waals surface area (Å²) in [6.07, 6.45) is 0. The first-order chi connectivity index (χ1) is 3.55. The van der Waals surface area contributed by atoms with Crippen molar-refractivity contribution < 1.29 is 15.4 Å². The van der Waals surface area contributed by atoms with Gasteiger partial charge in [-0.1, -0.05) is 0 Å². The van der Waals surface area contributed by atoms with Crippen molar-refractivity contribution in [2.75, 3.05) is 0 Å². The Morgan fingerprint density at radius 2 is 1.62 bits per heavy atom. The zero-order valence-electron chi connectivity index (χ0n) is 4.72. The monoisotopic (exact) mass is 120 g/mol. The zero-order chi connectivity index (χ0) is 6.36. The van der Waals surface area contributed by atoms with E-state index in [2.05, 4.69) is 4.94 Å². The Balaban J connectivity index is 2.52. The van der Waals surface area contributed by atoms with Gasteiger partial charge in [0.05, 0.1) is 13.8 Å². The third-order valence-corrected chi connectivity index (χ3v) is 1.21. The van der Waals surface area contributed by atoms with Crippen LogP contribution in [0.25, 0.3) is 0 Å². The summed E-state index contributed by atoms with van der Waals surface area (Å²) in [7, 11) is 0. The van der Waals surface area contributed by atoms with Crippen LogP contribution in [0, 0.1) is 10.4 Å². The van der Waals surface area contributed by atoms with Gasteiger partial charge in [0.2, 0.25) is 0 Å². The highest BCUT2D eigenvalue weighted by Crippen LogP contribution is 1.86. The fourth-order valence-electron chi connectivity index (χ4n) is 0.376. The molecule has 2 atom stereocenters. The standard InChI is InChI=1S/C3H8N2O3/c1-3(2)4(6)8-5(3)7/h4-5H,1-2H3. The van der Waals surface area contributed by atoms with Crippen molar-refractivity contribution in [3.8, 4) is 0 Å². The van der Waals surface area contributed by atoms with Crippen molar-refractivity contribution in [1.29, 1.82) is 0 Å². The fraction of sp³-hybridized carbons (Fsp3) is 1.00. The summed E-state index contributed by atoms with van der Waals surface area (Å²) in [6, 6.07) is 0. The van der Waals surface area contributed by atoms with Crippen LogP contribution in [0.2, 0.25) is 0 Å². The summed E-state index contributed by atoms with van der Waals surface area (Å²) in [5.41, 5.74) is -0.861. The molecule has 0 saturated carbocycles. The molecule has 0 spiro atoms. The predicted octanol–water partition coefficient (Wildman–Crippen LogP) is -2.65. The molecule has 1 aliphatic rings. The van der Waals surface area contributed by atoms with Crippen LogP contribution in [0.5, 0.6) is 0 Å². The number of hydrogen-bond donors (Lipinski definition) is 2. The Labute approximate surface area is 46.5 Å². The topological polar surface area (TPSA) is 64.2 Å². The Morgan fingerprint density at radius 1 is 1.25 bits per heavy atom. The summed E-state index contributed by atoms with van der Waals surface area (Å²) in [6.45, 7) is 3.09. The molecule has 2 unspecified atom stereocenters. The van der Waals surface area contributed by atoms with Gasteiger partial charge in [0.1, 0.15) is 0 Å². The molecule has 0 aromatic rings. The van der Waals surface area contributed by atoms with Crippen molar-refractivity contribution in [3.05, 3.63) is 10.4 Å². The van der Waals surface area contributed by atoms with Crippen molar-refractivity contribution >= 4 is 0 Å². The second kappa shape index (κ2) is 1.40. The van der Waals surface area contributed by atoms with Gasteiger partial charge in [0, 0.05) is 4.94 Å². The van der Waals surface area contributed by atoms with E-state index < -0.39 is 16.1 Å². The summed E-state index contributed by atoms with van der Waals surface area (Å²) >= 11 is 0. The van der Waals surface area contributed by atoms with Gasteiger partial charge in [0.15, 0.2) is 0 Å². The molecule has 1 aliphatic heterocycles. The molecule has 0 bridgehead atoms. The largest absolute Gasteiger partial charge is 0.591 e. The SMILES string of the molecule is CC1(C)[NH+]([O-])O[NH+]1[O-]. The lowest BCUT2D eigenvalue weighted by Gasteiger charge is -2.47. The second-order valence-corrected chi connectivity index (χ2v) is 2.30. The van der Waals surface area contributed by atoms with Gasteiger partial charge < -0.3 is 10.4 Å². The van der Waals surface area contributed by atoms with Gasteiger partial charge in [-0.25, -0.2) is 0 Å². The normalized spacial score (nSPS) is 43.5. The van der Waals surface area contributed by atoms with Crippen molar-refractivity contribution in [1.82, 2.24) is 0 Å². The van der Waals surface area contributed by atoms with E-state index in [1.54, 1.807) is 13.8 Å². The summed E-state index contributed by atoms with van der Waals surface area (Å²) in [4.78, 5) is 4.08. The van der Waals surface area contributed by atoms with Crippen LogP contribution >= 0.6 is 0 Å². The van der Waals surface area contributed by atoms with E-state index in [4.69, 9.17) is 0 Å². The fourth-order valence-corrected chi connectivity index (χ4v) is 0.376. The van der Waals surface area contributed by atoms with Crippen molar-refractivity contribution in [2.45, 2.75) is 19.5 Å². The maximum absolute atomic E-state index is 10.3. The van der Waals surface area contributed by atoms with Crippen LogP contribution in [0.4, 0.5) is 0 Å². The number of hydroxylamine groups is 4. The Morgan fingerprint density at radius 3 is 1.62 bits per heavy atom. The molecular weight excluding hydrogens is 112 g/mol. The first-order valence-electron chi connectivity index (χ1n) is 2.32. The van der Waals surface area contributed by atoms with Crippen LogP contribution in [0.3, 0.4) is 0 Å². The summed E-state index contributed by atoms with van der Waals surface area (Å²) in [5, 5.41) is 19.8. The van der Waals surface area contributed by atoms with Gasteiger partial charge in [0.25, 0.3) is 5.66 Å². The molecule has 0 radical (unpaired) electrons. The van der Waals surface area contributed by atoms with E-state index in [0.29, 0.717) is 0 Å². The predicted molar refractivity (Wildman–Crippen MR) is 23.8 cm³/mol. The molecule has 48 valence electrons. The molecule has 2 N–H and O–H groups in total. The highest BCUT2D eigenvalue weighted by molar-refractivity contribution is 4.45. The van der Waals surface area contributed by atoms with Gasteiger partial charge in [-0.15, -0.1) is 10.5 Å². The Bertz CT molecular complexity index is 94.7. The van der Waals surface area contributed by atoms with E-state index in [9.17, 15) is 10.4 Å². The summed E-state index contributed by atoms with van der Waals surface area (Å²) < 4.78 is 0. The molecule has 5 heteroatoms. The molecule has 0 aromatic carbocycles. The third kappa shape index (κ3) is 0.535. The minimum absolute atomic E-state index is 0.428. The third-order valence-electron chi connectivity index (χ3n) is 1.21. The molecule has 0 aromatic heterocycles. The van der Waals surface area contributed by atoms with Gasteiger partial charge >= 0.3 is 0 Å². The second-order valence-electron chi connectivity index (χ2n) is 2.30. The van der Waals surface area contributed by atoms with Gasteiger partial charge in [-0.05, 0) is 0 Å². The molecule has 0 amide bonds. The average Bonchev–Trinajstić information content (AvgIpc) is 1.68. The molecule has 5 nitrogen and oxygen atoms in total. The van der Waals surface area contributed by atoms with E-state index in [0.717, 1.165) is 0 Å². The van der Waals surface area contributed by atoms with Crippen LogP contribution in [-0.4, -0.2) is 5.66 Å². The lowest BCUT2D eigenvalue weighted by Crippen LogP contribution is -3.53. The lowest BCUT2D eigenvalue weighted by atomic mass is 10.3. The molecular formula is C3H8N2O3. The number of hydrogen-bond acceptors (Lipinski definition) is 3. The zero-order valence-corrected chi connectivity index (χ0v) is 4.72. The number of rotatable bonds is 0. The van der Waals surface area contributed by atoms with E-state index in [1.165, 1.54) is 0 Å². The smallest absolute Gasteiger partial charge is 0.284 e. The molecule has 1 fully saturated rings. The van der Waals surface area contributed by atoms with Crippen LogP contribution in [0.15, 0.2) is 0 Å². The molecule has 1 rings (SSSR count).